The van der Waals surface area contributed by atoms with Gasteiger partial charge in [0.25, 0.3) is 0 Å². The second-order valence-corrected chi connectivity index (χ2v) is 4.54. The van der Waals surface area contributed by atoms with Crippen molar-refractivity contribution in [3.63, 3.8) is 0 Å². The van der Waals surface area contributed by atoms with Crippen LogP contribution in [0.15, 0.2) is 0 Å². The van der Waals surface area contributed by atoms with Crippen LogP contribution in [-0.2, 0) is 4.79 Å². The lowest BCUT2D eigenvalue weighted by Gasteiger charge is -2.18. The fraction of sp³-hybridized carbons (Fsp3) is 0.917. The van der Waals surface area contributed by atoms with Gasteiger partial charge in [0.15, 0.2) is 0 Å². The number of nitrogens with one attached hydrogen (secondary N) is 1. The van der Waals surface area contributed by atoms with E-state index in [1.165, 1.54) is 0 Å². The minimum Gasteiger partial charge on any atom is -0.312 e. The van der Waals surface area contributed by atoms with Gasteiger partial charge in [0.05, 0.1) is 0 Å². The van der Waals surface area contributed by atoms with Crippen LogP contribution in [0.25, 0.3) is 0 Å². The molecule has 0 saturated carbocycles. The monoisotopic (exact) mass is 199 g/mol. The first-order valence-electron chi connectivity index (χ1n) is 5.76. The Kier molecular flexibility index (Phi) is 6.81. The number of carbonyl (C=O) groups is 1. The molecular weight excluding hydrogens is 174 g/mol. The van der Waals surface area contributed by atoms with E-state index >= 15 is 0 Å². The highest BCUT2D eigenvalue weighted by atomic mass is 16.1. The second kappa shape index (κ2) is 6.99. The predicted molar refractivity (Wildman–Crippen MR) is 61.4 cm³/mol. The average molecular weight is 199 g/mol. The third kappa shape index (κ3) is 6.14. The molecule has 2 nitrogen and oxygen atoms in total. The zero-order chi connectivity index (χ0) is 11.1. The predicted octanol–water partition coefficient (Wildman–Crippen LogP) is 2.77. The second-order valence-electron chi connectivity index (χ2n) is 4.54. The summed E-state index contributed by atoms with van der Waals surface area (Å²) < 4.78 is 0. The van der Waals surface area contributed by atoms with E-state index in [0.29, 0.717) is 24.3 Å². The number of rotatable bonds is 7. The summed E-state index contributed by atoms with van der Waals surface area (Å²) in [4.78, 5) is 11.4. The van der Waals surface area contributed by atoms with Crippen LogP contribution in [0, 0.1) is 5.92 Å². The zero-order valence-electron chi connectivity index (χ0n) is 10.3. The molecular formula is C12H25NO. The normalized spacial score (nSPS) is 15.6. The lowest BCUT2D eigenvalue weighted by Crippen LogP contribution is -2.34. The Hall–Kier alpha value is -0.370. The number of hydrogen-bond donors (Lipinski definition) is 1. The molecule has 2 heteroatoms. The standard InChI is InChI=1S/C12H25NO/c1-6-10(4)13-11(5)7-8-12(14)9(2)3/h9-11,13H,6-8H2,1-5H3. The number of ketones is 1. The van der Waals surface area contributed by atoms with Crippen LogP contribution in [0.4, 0.5) is 0 Å². The highest BCUT2D eigenvalue weighted by Crippen LogP contribution is 2.05. The van der Waals surface area contributed by atoms with Gasteiger partial charge in [-0.25, -0.2) is 0 Å². The van der Waals surface area contributed by atoms with Gasteiger partial charge in [-0.05, 0) is 26.7 Å². The fourth-order valence-corrected chi connectivity index (χ4v) is 1.33. The van der Waals surface area contributed by atoms with Crippen molar-refractivity contribution in [3.8, 4) is 0 Å². The molecule has 0 aromatic rings. The lowest BCUT2D eigenvalue weighted by atomic mass is 10.0. The van der Waals surface area contributed by atoms with E-state index < -0.39 is 0 Å². The molecule has 0 aliphatic rings. The van der Waals surface area contributed by atoms with E-state index in [1.54, 1.807) is 0 Å². The minimum atomic E-state index is 0.186. The SMILES string of the molecule is CCC(C)NC(C)CCC(=O)C(C)C. The topological polar surface area (TPSA) is 29.1 Å². The summed E-state index contributed by atoms with van der Waals surface area (Å²) in [6, 6.07) is 1.01. The molecule has 0 fully saturated rings. The zero-order valence-corrected chi connectivity index (χ0v) is 10.3. The van der Waals surface area contributed by atoms with Gasteiger partial charge in [0.1, 0.15) is 5.78 Å². The quantitative estimate of drug-likeness (QED) is 0.683. The molecule has 2 unspecified atom stereocenters. The molecule has 0 amide bonds. The Bertz CT molecular complexity index is 166. The Morgan fingerprint density at radius 2 is 1.71 bits per heavy atom. The molecule has 14 heavy (non-hydrogen) atoms. The molecule has 0 aromatic heterocycles. The fourth-order valence-electron chi connectivity index (χ4n) is 1.33. The smallest absolute Gasteiger partial charge is 0.135 e. The molecule has 0 saturated heterocycles. The first kappa shape index (κ1) is 13.6. The van der Waals surface area contributed by atoms with E-state index in [-0.39, 0.29) is 5.92 Å². The van der Waals surface area contributed by atoms with Gasteiger partial charge < -0.3 is 5.32 Å². The van der Waals surface area contributed by atoms with Crippen molar-refractivity contribution in [3.05, 3.63) is 0 Å². The molecule has 0 rings (SSSR count). The van der Waals surface area contributed by atoms with Crippen LogP contribution < -0.4 is 5.32 Å². The molecule has 0 spiro atoms. The summed E-state index contributed by atoms with van der Waals surface area (Å²) in [5.41, 5.74) is 0. The van der Waals surface area contributed by atoms with Gasteiger partial charge in [0.2, 0.25) is 0 Å². The van der Waals surface area contributed by atoms with Gasteiger partial charge in [-0.1, -0.05) is 20.8 Å². The number of Topliss-reactive ketones (excluding diaryl/α,β-unsaturated/α-hetero) is 1. The van der Waals surface area contributed by atoms with Crippen LogP contribution in [0.2, 0.25) is 0 Å². The van der Waals surface area contributed by atoms with E-state index in [9.17, 15) is 4.79 Å². The van der Waals surface area contributed by atoms with Crippen LogP contribution >= 0.6 is 0 Å². The molecule has 0 bridgehead atoms. The Morgan fingerprint density at radius 3 is 2.14 bits per heavy atom. The molecule has 84 valence electrons. The Labute approximate surface area is 88.5 Å². The summed E-state index contributed by atoms with van der Waals surface area (Å²) in [7, 11) is 0. The van der Waals surface area contributed by atoms with Crippen molar-refractivity contribution in [1.29, 1.82) is 0 Å². The summed E-state index contributed by atoms with van der Waals surface area (Å²) >= 11 is 0. The van der Waals surface area contributed by atoms with Gasteiger partial charge in [-0.3, -0.25) is 4.79 Å². The van der Waals surface area contributed by atoms with Crippen molar-refractivity contribution in [2.45, 2.75) is 66.0 Å². The van der Waals surface area contributed by atoms with Gasteiger partial charge >= 0.3 is 0 Å². The largest absolute Gasteiger partial charge is 0.312 e. The highest BCUT2D eigenvalue weighted by Gasteiger charge is 2.10. The molecule has 1 N–H and O–H groups in total. The van der Waals surface area contributed by atoms with Crippen LogP contribution in [0.5, 0.6) is 0 Å². The van der Waals surface area contributed by atoms with Crippen molar-refractivity contribution >= 4 is 5.78 Å². The third-order valence-electron chi connectivity index (χ3n) is 2.65. The summed E-state index contributed by atoms with van der Waals surface area (Å²) in [6.45, 7) is 10.4. The maximum atomic E-state index is 11.4. The van der Waals surface area contributed by atoms with E-state index in [1.807, 2.05) is 13.8 Å². The maximum Gasteiger partial charge on any atom is 0.135 e. The van der Waals surface area contributed by atoms with E-state index in [0.717, 1.165) is 12.8 Å². The Balaban J connectivity index is 3.63. The molecule has 0 aliphatic carbocycles. The third-order valence-corrected chi connectivity index (χ3v) is 2.65. The average Bonchev–Trinajstić information content (AvgIpc) is 2.13. The van der Waals surface area contributed by atoms with E-state index in [2.05, 4.69) is 26.1 Å². The van der Waals surface area contributed by atoms with Crippen LogP contribution in [0.1, 0.15) is 53.9 Å². The summed E-state index contributed by atoms with van der Waals surface area (Å²) in [5.74, 6) is 0.564. The van der Waals surface area contributed by atoms with Gasteiger partial charge in [-0.15, -0.1) is 0 Å². The first-order valence-corrected chi connectivity index (χ1v) is 5.76. The van der Waals surface area contributed by atoms with Crippen molar-refractivity contribution in [2.75, 3.05) is 0 Å². The molecule has 0 aliphatic heterocycles. The lowest BCUT2D eigenvalue weighted by molar-refractivity contribution is -0.122. The van der Waals surface area contributed by atoms with Gasteiger partial charge in [0, 0.05) is 24.4 Å². The number of carbonyl (C=O) groups excluding carboxylic acids is 1. The maximum absolute atomic E-state index is 11.4. The molecule has 0 aromatic carbocycles. The minimum absolute atomic E-state index is 0.186. The molecule has 0 heterocycles. The summed E-state index contributed by atoms with van der Waals surface area (Å²) in [6.07, 6.45) is 2.81. The Morgan fingerprint density at radius 1 is 1.14 bits per heavy atom. The van der Waals surface area contributed by atoms with Crippen molar-refractivity contribution in [1.82, 2.24) is 5.32 Å². The molecule has 2 atom stereocenters. The first-order chi connectivity index (χ1) is 6.47. The van der Waals surface area contributed by atoms with E-state index in [4.69, 9.17) is 0 Å². The highest BCUT2D eigenvalue weighted by molar-refractivity contribution is 5.80. The van der Waals surface area contributed by atoms with Crippen LogP contribution in [0.3, 0.4) is 0 Å². The van der Waals surface area contributed by atoms with Crippen molar-refractivity contribution in [2.24, 2.45) is 5.92 Å². The molecule has 0 radical (unpaired) electrons. The summed E-state index contributed by atoms with van der Waals surface area (Å²) in [5, 5.41) is 3.47. The van der Waals surface area contributed by atoms with Gasteiger partial charge in [-0.2, -0.15) is 0 Å². The van der Waals surface area contributed by atoms with Crippen LogP contribution in [-0.4, -0.2) is 17.9 Å². The van der Waals surface area contributed by atoms with Crippen molar-refractivity contribution < 1.29 is 4.79 Å². The number of hydrogen-bond acceptors (Lipinski definition) is 2.